The van der Waals surface area contributed by atoms with Gasteiger partial charge in [-0.1, -0.05) is 41.5 Å². The highest BCUT2D eigenvalue weighted by molar-refractivity contribution is 6.34. The molecule has 2 N–H and O–H groups in total. The minimum Gasteiger partial charge on any atom is -0.449 e. The Hall–Kier alpha value is -2.33. The summed E-state index contributed by atoms with van der Waals surface area (Å²) >= 11 is 0. The van der Waals surface area contributed by atoms with Crippen LogP contribution in [-0.2, 0) is 23.9 Å². The average molecular weight is 508 g/mol. The second-order valence-electron chi connectivity index (χ2n) is 10.5. The first-order chi connectivity index (χ1) is 16.0. The fraction of sp³-hybridized carbons (Fsp3) is 0.833. The molecule has 2 aliphatic rings. The van der Waals surface area contributed by atoms with Crippen LogP contribution in [0.15, 0.2) is 0 Å². The van der Waals surface area contributed by atoms with E-state index in [1.165, 1.54) is 4.90 Å². The second-order valence-corrected chi connectivity index (χ2v) is 10.5. The van der Waals surface area contributed by atoms with Crippen LogP contribution in [0, 0.1) is 23.7 Å². The molecule has 35 heavy (non-hydrogen) atoms. The number of carbonyl (C=O) groups excluding carboxylic acids is 4. The third-order valence-electron chi connectivity index (χ3n) is 6.54. The molecule has 202 valence electrons. The van der Waals surface area contributed by atoms with E-state index in [4.69, 9.17) is 5.73 Å². The molecule has 3 amide bonds. The molecule has 0 spiro atoms. The van der Waals surface area contributed by atoms with Crippen LogP contribution in [0.2, 0.25) is 0 Å². The maximum Gasteiger partial charge on any atom is 0.422 e. The molecule has 0 aromatic carbocycles. The molecule has 2 rings (SSSR count). The van der Waals surface area contributed by atoms with Crippen molar-refractivity contribution in [3.05, 3.63) is 0 Å². The molecule has 2 aliphatic heterocycles. The first-order valence-electron chi connectivity index (χ1n) is 12.2. The van der Waals surface area contributed by atoms with Gasteiger partial charge in [0, 0.05) is 25.2 Å². The number of esters is 1. The van der Waals surface area contributed by atoms with E-state index in [-0.39, 0.29) is 23.9 Å². The van der Waals surface area contributed by atoms with Gasteiger partial charge in [-0.3, -0.25) is 14.4 Å². The molecule has 2 heterocycles. The van der Waals surface area contributed by atoms with Crippen LogP contribution in [0.3, 0.4) is 0 Å². The summed E-state index contributed by atoms with van der Waals surface area (Å²) in [5, 5.41) is 0. The summed E-state index contributed by atoms with van der Waals surface area (Å²) in [5.74, 6) is -2.56. The standard InChI is InChI=1S/C13H20F3NO3.C11H20N2O2/c1-8(2)10-5-4-9(3)6-17(10)11(18)12(19)20-7-13(14,15)16;1-7(2)9-5-4-8(3)6-13(9)11(15)10(12)14/h8-10H,4-7H2,1-3H3;7-9H,4-6H2,1-3H3,(H2,12,14)/t9-,10+;8-,9+/m10/s1. The van der Waals surface area contributed by atoms with Crippen molar-refractivity contribution < 1.29 is 37.1 Å². The van der Waals surface area contributed by atoms with Crippen LogP contribution in [-0.4, -0.2) is 71.4 Å². The van der Waals surface area contributed by atoms with E-state index in [9.17, 15) is 32.3 Å². The summed E-state index contributed by atoms with van der Waals surface area (Å²) in [6, 6.07) is 0.0401. The molecular weight excluding hydrogens is 467 g/mol. The highest BCUT2D eigenvalue weighted by Gasteiger charge is 2.38. The van der Waals surface area contributed by atoms with E-state index in [2.05, 4.69) is 25.5 Å². The van der Waals surface area contributed by atoms with Crippen molar-refractivity contribution in [3.63, 3.8) is 0 Å². The number of ether oxygens (including phenoxy) is 1. The van der Waals surface area contributed by atoms with E-state index in [0.29, 0.717) is 24.9 Å². The summed E-state index contributed by atoms with van der Waals surface area (Å²) in [6.45, 7) is 11.3. The Morgan fingerprint density at radius 3 is 1.57 bits per heavy atom. The van der Waals surface area contributed by atoms with Crippen LogP contribution in [0.5, 0.6) is 0 Å². The fourth-order valence-electron chi connectivity index (χ4n) is 4.67. The van der Waals surface area contributed by atoms with Gasteiger partial charge >= 0.3 is 29.9 Å². The first kappa shape index (κ1) is 30.7. The molecule has 2 saturated heterocycles. The number of amides is 3. The zero-order valence-corrected chi connectivity index (χ0v) is 21.6. The molecular formula is C24H40F3N3O5. The van der Waals surface area contributed by atoms with Gasteiger partial charge in [0.2, 0.25) is 0 Å². The van der Waals surface area contributed by atoms with Crippen molar-refractivity contribution in [2.24, 2.45) is 29.4 Å². The Labute approximate surface area is 205 Å². The zero-order chi connectivity index (χ0) is 27.1. The molecule has 0 aromatic rings. The Morgan fingerprint density at radius 2 is 1.23 bits per heavy atom. The number of nitrogens with two attached hydrogens (primary N) is 1. The predicted molar refractivity (Wildman–Crippen MR) is 124 cm³/mol. The molecule has 11 heteroatoms. The van der Waals surface area contributed by atoms with Crippen LogP contribution >= 0.6 is 0 Å². The van der Waals surface area contributed by atoms with E-state index in [1.54, 1.807) is 4.90 Å². The number of piperidine rings is 2. The molecule has 0 aromatic heterocycles. The summed E-state index contributed by atoms with van der Waals surface area (Å²) in [5.41, 5.74) is 5.04. The highest BCUT2D eigenvalue weighted by atomic mass is 19.4. The maximum atomic E-state index is 12.0. The van der Waals surface area contributed by atoms with E-state index < -0.39 is 36.5 Å². The highest BCUT2D eigenvalue weighted by Crippen LogP contribution is 2.27. The number of alkyl halides is 3. The Bertz CT molecular complexity index is 757. The monoisotopic (exact) mass is 507 g/mol. The number of carbonyl (C=O) groups is 4. The number of nitrogens with zero attached hydrogens (tertiary/aromatic N) is 2. The normalized spacial score (nSPS) is 25.1. The van der Waals surface area contributed by atoms with Gasteiger partial charge in [0.1, 0.15) is 0 Å². The van der Waals surface area contributed by atoms with E-state index >= 15 is 0 Å². The summed E-state index contributed by atoms with van der Waals surface area (Å²) in [4.78, 5) is 48.9. The lowest BCUT2D eigenvalue weighted by Gasteiger charge is -2.40. The van der Waals surface area contributed by atoms with Crippen molar-refractivity contribution in [3.8, 4) is 0 Å². The number of primary amides is 1. The lowest BCUT2D eigenvalue weighted by molar-refractivity contribution is -0.190. The van der Waals surface area contributed by atoms with Gasteiger partial charge in [0.15, 0.2) is 6.61 Å². The molecule has 0 unspecified atom stereocenters. The number of rotatable bonds is 3. The molecule has 2 fully saturated rings. The Balaban J connectivity index is 0.000000365. The largest absolute Gasteiger partial charge is 0.449 e. The van der Waals surface area contributed by atoms with Crippen LogP contribution in [0.25, 0.3) is 0 Å². The number of halogens is 3. The molecule has 4 atom stereocenters. The van der Waals surface area contributed by atoms with Crippen molar-refractivity contribution in [2.45, 2.75) is 85.5 Å². The third kappa shape index (κ3) is 9.68. The third-order valence-corrected chi connectivity index (χ3v) is 6.54. The SMILES string of the molecule is CC(C)[C@@H]1CC[C@@H](C)CN1C(=O)C(=O)OCC(F)(F)F.CC(C)[C@H]1CC[C@H](C)CN1C(=O)C(N)=O. The number of hydrogen-bond donors (Lipinski definition) is 1. The van der Waals surface area contributed by atoms with Gasteiger partial charge in [-0.05, 0) is 49.4 Å². The van der Waals surface area contributed by atoms with Crippen LogP contribution < -0.4 is 5.73 Å². The average Bonchev–Trinajstić information content (AvgIpc) is 2.75. The summed E-state index contributed by atoms with van der Waals surface area (Å²) in [6.07, 6.45) is -0.854. The fourth-order valence-corrected chi connectivity index (χ4v) is 4.67. The smallest absolute Gasteiger partial charge is 0.422 e. The first-order valence-corrected chi connectivity index (χ1v) is 12.2. The van der Waals surface area contributed by atoms with E-state index in [0.717, 1.165) is 25.7 Å². The Morgan fingerprint density at radius 1 is 0.829 bits per heavy atom. The molecule has 0 saturated carbocycles. The summed E-state index contributed by atoms with van der Waals surface area (Å²) < 4.78 is 40.0. The van der Waals surface area contributed by atoms with Crippen LogP contribution in [0.1, 0.15) is 67.2 Å². The molecule has 0 bridgehead atoms. The Kier molecular flexibility index (Phi) is 11.5. The van der Waals surface area contributed by atoms with Gasteiger partial charge in [-0.2, -0.15) is 13.2 Å². The second kappa shape index (κ2) is 13.1. The van der Waals surface area contributed by atoms with Gasteiger partial charge in [0.25, 0.3) is 0 Å². The van der Waals surface area contributed by atoms with Crippen molar-refractivity contribution in [2.75, 3.05) is 19.7 Å². The van der Waals surface area contributed by atoms with Crippen molar-refractivity contribution in [1.82, 2.24) is 9.80 Å². The lowest BCUT2D eigenvalue weighted by Crippen LogP contribution is -2.52. The topological polar surface area (TPSA) is 110 Å². The van der Waals surface area contributed by atoms with Crippen molar-refractivity contribution >= 4 is 23.7 Å². The van der Waals surface area contributed by atoms with Gasteiger partial charge in [-0.25, -0.2) is 4.79 Å². The lowest BCUT2D eigenvalue weighted by atomic mass is 9.88. The summed E-state index contributed by atoms with van der Waals surface area (Å²) in [7, 11) is 0. The minimum atomic E-state index is -4.62. The molecule has 0 aliphatic carbocycles. The predicted octanol–water partition coefficient (Wildman–Crippen LogP) is 3.13. The number of hydrogen-bond acceptors (Lipinski definition) is 5. The molecule has 0 radical (unpaired) electrons. The molecule has 8 nitrogen and oxygen atoms in total. The zero-order valence-electron chi connectivity index (χ0n) is 21.6. The van der Waals surface area contributed by atoms with Gasteiger partial charge < -0.3 is 20.3 Å². The minimum absolute atomic E-state index is 0.128. The van der Waals surface area contributed by atoms with E-state index in [1.807, 2.05) is 20.8 Å². The van der Waals surface area contributed by atoms with Crippen LogP contribution in [0.4, 0.5) is 13.2 Å². The van der Waals surface area contributed by atoms with Gasteiger partial charge in [-0.15, -0.1) is 0 Å². The van der Waals surface area contributed by atoms with Crippen molar-refractivity contribution in [1.29, 1.82) is 0 Å². The number of likely N-dealkylation sites (tertiary alicyclic amines) is 2. The maximum absolute atomic E-state index is 12.0. The quantitative estimate of drug-likeness (QED) is 0.466. The van der Waals surface area contributed by atoms with Gasteiger partial charge in [0.05, 0.1) is 0 Å².